The number of hydrogen-bond acceptors (Lipinski definition) is 3. The lowest BCUT2D eigenvalue weighted by atomic mass is 10.4. The summed E-state index contributed by atoms with van der Waals surface area (Å²) in [5.41, 5.74) is 0.727. The molecule has 0 saturated carbocycles. The van der Waals surface area contributed by atoms with Gasteiger partial charge in [-0.2, -0.15) is 5.10 Å². The van der Waals surface area contributed by atoms with E-state index in [-0.39, 0.29) is 4.90 Å². The lowest BCUT2D eigenvalue weighted by Gasteiger charge is -2.09. The summed E-state index contributed by atoms with van der Waals surface area (Å²) in [6, 6.07) is 4.95. The molecule has 8 heteroatoms. The van der Waals surface area contributed by atoms with Crippen molar-refractivity contribution in [1.82, 2.24) is 10.2 Å². The summed E-state index contributed by atoms with van der Waals surface area (Å²) < 4.78 is 28.1. The van der Waals surface area contributed by atoms with E-state index in [2.05, 4.69) is 46.8 Å². The molecule has 2 rings (SSSR count). The molecule has 0 aliphatic heterocycles. The van der Waals surface area contributed by atoms with Crippen molar-refractivity contribution in [3.8, 4) is 0 Å². The number of aromatic nitrogens is 2. The van der Waals surface area contributed by atoms with Crippen LogP contribution >= 0.6 is 31.9 Å². The standard InChI is InChI=1S/C10H9Br2N3O2S/c1-6-5-13-14-10(6)15-18(16,17)9-4-7(11)2-3-8(9)12/h2-5H,1H3,(H2,13,14,15). The van der Waals surface area contributed by atoms with Crippen LogP contribution < -0.4 is 4.72 Å². The zero-order valence-electron chi connectivity index (χ0n) is 9.24. The minimum Gasteiger partial charge on any atom is -0.263 e. The number of benzene rings is 1. The molecule has 1 heterocycles. The minimum atomic E-state index is -3.66. The second kappa shape index (κ2) is 5.02. The van der Waals surface area contributed by atoms with Crippen molar-refractivity contribution in [1.29, 1.82) is 0 Å². The van der Waals surface area contributed by atoms with Crippen LogP contribution in [0.5, 0.6) is 0 Å². The largest absolute Gasteiger partial charge is 0.264 e. The Balaban J connectivity index is 2.43. The molecule has 96 valence electrons. The Morgan fingerprint density at radius 3 is 2.67 bits per heavy atom. The fourth-order valence-corrected chi connectivity index (χ4v) is 3.91. The van der Waals surface area contributed by atoms with E-state index in [1.807, 2.05) is 0 Å². The van der Waals surface area contributed by atoms with E-state index in [0.717, 1.165) is 5.56 Å². The molecule has 0 aliphatic carbocycles. The highest BCUT2D eigenvalue weighted by Gasteiger charge is 2.19. The van der Waals surface area contributed by atoms with Crippen LogP contribution in [0.4, 0.5) is 5.82 Å². The Hall–Kier alpha value is -0.860. The number of halogens is 2. The highest BCUT2D eigenvalue weighted by molar-refractivity contribution is 9.11. The maximum atomic E-state index is 12.2. The fraction of sp³-hybridized carbons (Fsp3) is 0.100. The number of aryl methyl sites for hydroxylation is 1. The van der Waals surface area contributed by atoms with Gasteiger partial charge in [-0.1, -0.05) is 15.9 Å². The van der Waals surface area contributed by atoms with Crippen molar-refractivity contribution >= 4 is 47.7 Å². The number of aromatic amines is 1. The SMILES string of the molecule is Cc1cn[nH]c1NS(=O)(=O)c1cc(Br)ccc1Br. The molecule has 0 radical (unpaired) electrons. The summed E-state index contributed by atoms with van der Waals surface area (Å²) >= 11 is 6.47. The topological polar surface area (TPSA) is 74.8 Å². The Morgan fingerprint density at radius 1 is 1.33 bits per heavy atom. The first-order valence-electron chi connectivity index (χ1n) is 4.88. The first-order chi connectivity index (χ1) is 8.40. The van der Waals surface area contributed by atoms with Crippen LogP contribution in [-0.2, 0) is 10.0 Å². The number of nitrogens with one attached hydrogen (secondary N) is 2. The van der Waals surface area contributed by atoms with Gasteiger partial charge in [0.25, 0.3) is 10.0 Å². The van der Waals surface area contributed by atoms with Gasteiger partial charge in [-0.3, -0.25) is 9.82 Å². The second-order valence-corrected chi connectivity index (χ2v) is 7.03. The molecule has 0 fully saturated rings. The maximum absolute atomic E-state index is 12.2. The van der Waals surface area contributed by atoms with E-state index >= 15 is 0 Å². The Labute approximate surface area is 121 Å². The molecule has 0 bridgehead atoms. The monoisotopic (exact) mass is 393 g/mol. The minimum absolute atomic E-state index is 0.158. The Kier molecular flexibility index (Phi) is 3.79. The molecule has 0 spiro atoms. The normalized spacial score (nSPS) is 11.5. The Bertz CT molecular complexity index is 682. The van der Waals surface area contributed by atoms with Crippen LogP contribution in [0.1, 0.15) is 5.56 Å². The first kappa shape index (κ1) is 13.6. The number of anilines is 1. The van der Waals surface area contributed by atoms with Gasteiger partial charge in [0.15, 0.2) is 0 Å². The fourth-order valence-electron chi connectivity index (χ4n) is 1.32. The van der Waals surface area contributed by atoms with E-state index in [1.54, 1.807) is 25.3 Å². The molecule has 0 aliphatic rings. The van der Waals surface area contributed by atoms with Gasteiger partial charge in [-0.25, -0.2) is 8.42 Å². The van der Waals surface area contributed by atoms with Gasteiger partial charge < -0.3 is 0 Å². The summed E-state index contributed by atoms with van der Waals surface area (Å²) in [7, 11) is -3.66. The molecular formula is C10H9Br2N3O2S. The molecule has 2 N–H and O–H groups in total. The summed E-state index contributed by atoms with van der Waals surface area (Å²) in [6.45, 7) is 1.76. The summed E-state index contributed by atoms with van der Waals surface area (Å²) in [5, 5.41) is 6.36. The zero-order chi connectivity index (χ0) is 13.3. The molecule has 1 aromatic heterocycles. The molecular weight excluding hydrogens is 386 g/mol. The molecule has 2 aromatic rings. The van der Waals surface area contributed by atoms with Crippen molar-refractivity contribution in [2.24, 2.45) is 0 Å². The van der Waals surface area contributed by atoms with E-state index in [4.69, 9.17) is 0 Å². The number of rotatable bonds is 3. The van der Waals surface area contributed by atoms with Crippen LogP contribution in [0.25, 0.3) is 0 Å². The average Bonchev–Trinajstić information content (AvgIpc) is 2.67. The van der Waals surface area contributed by atoms with Crippen molar-refractivity contribution in [2.75, 3.05) is 4.72 Å². The number of nitrogens with zero attached hydrogens (tertiary/aromatic N) is 1. The first-order valence-corrected chi connectivity index (χ1v) is 7.95. The number of hydrogen-bond donors (Lipinski definition) is 2. The highest BCUT2D eigenvalue weighted by atomic mass is 79.9. The van der Waals surface area contributed by atoms with Crippen molar-refractivity contribution in [2.45, 2.75) is 11.8 Å². The van der Waals surface area contributed by atoms with Crippen molar-refractivity contribution < 1.29 is 8.42 Å². The molecule has 0 saturated heterocycles. The summed E-state index contributed by atoms with van der Waals surface area (Å²) in [6.07, 6.45) is 1.55. The van der Waals surface area contributed by atoms with E-state index < -0.39 is 10.0 Å². The third kappa shape index (κ3) is 2.76. The van der Waals surface area contributed by atoms with Gasteiger partial charge in [0.1, 0.15) is 10.7 Å². The van der Waals surface area contributed by atoms with Gasteiger partial charge in [0.2, 0.25) is 0 Å². The third-order valence-corrected chi connectivity index (χ3v) is 5.08. The molecule has 0 atom stereocenters. The van der Waals surface area contributed by atoms with Crippen LogP contribution in [0.3, 0.4) is 0 Å². The van der Waals surface area contributed by atoms with Crippen LogP contribution in [0, 0.1) is 6.92 Å². The van der Waals surface area contributed by atoms with Gasteiger partial charge in [-0.05, 0) is 41.1 Å². The molecule has 0 unspecified atom stereocenters. The van der Waals surface area contributed by atoms with Gasteiger partial charge in [0.05, 0.1) is 6.20 Å². The van der Waals surface area contributed by atoms with Crippen LogP contribution in [0.15, 0.2) is 38.2 Å². The van der Waals surface area contributed by atoms with Crippen LogP contribution in [-0.4, -0.2) is 18.6 Å². The molecule has 18 heavy (non-hydrogen) atoms. The summed E-state index contributed by atoms with van der Waals surface area (Å²) in [5.74, 6) is 0.363. The summed E-state index contributed by atoms with van der Waals surface area (Å²) in [4.78, 5) is 0.158. The lowest BCUT2D eigenvalue weighted by Crippen LogP contribution is -2.14. The molecule has 5 nitrogen and oxygen atoms in total. The van der Waals surface area contributed by atoms with E-state index in [1.165, 1.54) is 6.07 Å². The van der Waals surface area contributed by atoms with Crippen molar-refractivity contribution in [3.63, 3.8) is 0 Å². The van der Waals surface area contributed by atoms with Crippen LogP contribution in [0.2, 0.25) is 0 Å². The lowest BCUT2D eigenvalue weighted by molar-refractivity contribution is 0.600. The predicted molar refractivity (Wildman–Crippen MR) is 76.0 cm³/mol. The van der Waals surface area contributed by atoms with Gasteiger partial charge >= 0.3 is 0 Å². The zero-order valence-corrected chi connectivity index (χ0v) is 13.2. The smallest absolute Gasteiger partial charge is 0.263 e. The van der Waals surface area contributed by atoms with Gasteiger partial charge in [-0.15, -0.1) is 0 Å². The number of H-pyrrole nitrogens is 1. The van der Waals surface area contributed by atoms with Gasteiger partial charge in [0, 0.05) is 14.5 Å². The Morgan fingerprint density at radius 2 is 2.06 bits per heavy atom. The van der Waals surface area contributed by atoms with E-state index in [0.29, 0.717) is 14.8 Å². The second-order valence-electron chi connectivity index (χ2n) is 3.61. The highest BCUT2D eigenvalue weighted by Crippen LogP contribution is 2.27. The average molecular weight is 395 g/mol. The number of sulfonamides is 1. The molecule has 0 amide bonds. The predicted octanol–water partition coefficient (Wildman–Crippen LogP) is 3.04. The quantitative estimate of drug-likeness (QED) is 0.839. The maximum Gasteiger partial charge on any atom is 0.264 e. The van der Waals surface area contributed by atoms with E-state index in [9.17, 15) is 8.42 Å². The molecule has 1 aromatic carbocycles. The van der Waals surface area contributed by atoms with Crippen molar-refractivity contribution in [3.05, 3.63) is 38.9 Å². The third-order valence-electron chi connectivity index (χ3n) is 2.25.